The van der Waals surface area contributed by atoms with Gasteiger partial charge in [-0.25, -0.2) is 0 Å². The van der Waals surface area contributed by atoms with Crippen LogP contribution < -0.4 is 0 Å². The summed E-state index contributed by atoms with van der Waals surface area (Å²) in [5.74, 6) is 0. The quantitative estimate of drug-likeness (QED) is 0.130. The van der Waals surface area contributed by atoms with E-state index in [4.69, 9.17) is 23.1 Å². The number of benzene rings is 3. The molecule has 0 radical (unpaired) electrons. The van der Waals surface area contributed by atoms with E-state index in [2.05, 4.69) is 67.7 Å². The molecule has 0 N–H and O–H groups in total. The van der Waals surface area contributed by atoms with Gasteiger partial charge in [0.05, 0.1) is 19.6 Å². The first-order valence-corrected chi connectivity index (χ1v) is 23.0. The molecular formula is C39H55F3O5Si2. The second-order valence-electron chi connectivity index (χ2n) is 16.1. The Bertz CT molecular complexity index is 1360. The van der Waals surface area contributed by atoms with Crippen LogP contribution in [0.5, 0.6) is 0 Å². The minimum Gasteiger partial charge on any atom is -0.408 e. The lowest BCUT2D eigenvalue weighted by Gasteiger charge is -2.44. The van der Waals surface area contributed by atoms with E-state index in [1.54, 1.807) is 0 Å². The molecule has 3 aromatic carbocycles. The van der Waals surface area contributed by atoms with E-state index in [-0.39, 0.29) is 16.7 Å². The van der Waals surface area contributed by atoms with Crippen LogP contribution in [0.25, 0.3) is 0 Å². The minimum absolute atomic E-state index is 0.0640. The average molecular weight is 717 g/mol. The summed E-state index contributed by atoms with van der Waals surface area (Å²) in [4.78, 5) is 0. The zero-order chi connectivity index (χ0) is 36.3. The summed E-state index contributed by atoms with van der Waals surface area (Å²) in [6, 6.07) is 30.1. The average Bonchev–Trinajstić information content (AvgIpc) is 3.31. The monoisotopic (exact) mass is 716 g/mol. The Balaban J connectivity index is 1.82. The molecule has 0 amide bonds. The third-order valence-electron chi connectivity index (χ3n) is 10.4. The van der Waals surface area contributed by atoms with Crippen molar-refractivity contribution < 1.29 is 36.2 Å². The van der Waals surface area contributed by atoms with Gasteiger partial charge in [-0.3, -0.25) is 0 Å². The first-order chi connectivity index (χ1) is 22.7. The van der Waals surface area contributed by atoms with E-state index in [9.17, 15) is 13.2 Å². The van der Waals surface area contributed by atoms with Crippen molar-refractivity contribution in [1.29, 1.82) is 0 Å². The van der Waals surface area contributed by atoms with E-state index in [1.165, 1.54) is 0 Å². The van der Waals surface area contributed by atoms with Gasteiger partial charge in [0.15, 0.2) is 22.9 Å². The van der Waals surface area contributed by atoms with Crippen LogP contribution in [0.4, 0.5) is 13.2 Å². The first-order valence-electron chi connectivity index (χ1n) is 17.2. The van der Waals surface area contributed by atoms with Crippen LogP contribution in [0.15, 0.2) is 91.0 Å². The predicted octanol–water partition coefficient (Wildman–Crippen LogP) is 10.5. The van der Waals surface area contributed by atoms with E-state index < -0.39 is 66.0 Å². The van der Waals surface area contributed by atoms with Crippen LogP contribution in [0.3, 0.4) is 0 Å². The highest BCUT2D eigenvalue weighted by Crippen LogP contribution is 2.46. The Kier molecular flexibility index (Phi) is 12.2. The maximum absolute atomic E-state index is 13.3. The SMILES string of the molecule is CC(C)(C)[Si](C)(C)OC1C(COC(c2ccccc2)(c2ccccc2)c2ccccc2)OC(OCCC(F)(F)F)C1O[Si](C)(C)C(C)(C)C. The highest BCUT2D eigenvalue weighted by molar-refractivity contribution is 6.74. The molecule has 1 aliphatic rings. The highest BCUT2D eigenvalue weighted by atomic mass is 28.4. The molecule has 1 saturated heterocycles. The summed E-state index contributed by atoms with van der Waals surface area (Å²) in [6.07, 6.45) is -8.63. The predicted molar refractivity (Wildman–Crippen MR) is 195 cm³/mol. The third kappa shape index (κ3) is 9.33. The van der Waals surface area contributed by atoms with Crippen molar-refractivity contribution in [1.82, 2.24) is 0 Å². The zero-order valence-corrected chi connectivity index (χ0v) is 32.8. The molecule has 3 aromatic rings. The summed E-state index contributed by atoms with van der Waals surface area (Å²) < 4.78 is 73.8. The van der Waals surface area contributed by atoms with Gasteiger partial charge in [-0.15, -0.1) is 0 Å². The molecule has 4 atom stereocenters. The molecular weight excluding hydrogens is 662 g/mol. The van der Waals surface area contributed by atoms with Crippen molar-refractivity contribution in [2.24, 2.45) is 0 Å². The number of hydrogen-bond acceptors (Lipinski definition) is 5. The second-order valence-corrected chi connectivity index (χ2v) is 25.6. The summed E-state index contributed by atoms with van der Waals surface area (Å²) in [7, 11) is -4.95. The molecule has 49 heavy (non-hydrogen) atoms. The van der Waals surface area contributed by atoms with Crippen LogP contribution in [0.2, 0.25) is 36.3 Å². The molecule has 4 unspecified atom stereocenters. The van der Waals surface area contributed by atoms with E-state index in [0.717, 1.165) is 16.7 Å². The highest BCUT2D eigenvalue weighted by Gasteiger charge is 2.55. The maximum Gasteiger partial charge on any atom is 0.391 e. The van der Waals surface area contributed by atoms with Crippen LogP contribution in [0, 0.1) is 0 Å². The van der Waals surface area contributed by atoms with Crippen molar-refractivity contribution in [3.63, 3.8) is 0 Å². The van der Waals surface area contributed by atoms with Crippen molar-refractivity contribution in [3.05, 3.63) is 108 Å². The topological polar surface area (TPSA) is 46.2 Å². The molecule has 1 heterocycles. The van der Waals surface area contributed by atoms with Crippen molar-refractivity contribution >= 4 is 16.6 Å². The van der Waals surface area contributed by atoms with Crippen LogP contribution in [0.1, 0.15) is 64.7 Å². The third-order valence-corrected chi connectivity index (χ3v) is 19.4. The summed E-state index contributed by atoms with van der Waals surface area (Å²) in [6.45, 7) is 21.0. The lowest BCUT2D eigenvalue weighted by Crippen LogP contribution is -2.55. The molecule has 4 rings (SSSR count). The van der Waals surface area contributed by atoms with Crippen molar-refractivity contribution in [2.45, 2.75) is 121 Å². The molecule has 0 aromatic heterocycles. The van der Waals surface area contributed by atoms with Crippen molar-refractivity contribution in [2.75, 3.05) is 13.2 Å². The minimum atomic E-state index is -4.37. The van der Waals surface area contributed by atoms with Gasteiger partial charge < -0.3 is 23.1 Å². The normalized spacial score (nSPS) is 21.2. The lowest BCUT2D eigenvalue weighted by atomic mass is 9.80. The van der Waals surface area contributed by atoms with Gasteiger partial charge in [-0.05, 0) is 53.0 Å². The van der Waals surface area contributed by atoms with Gasteiger partial charge in [0.25, 0.3) is 0 Å². The Morgan fingerprint density at radius 2 is 1.00 bits per heavy atom. The van der Waals surface area contributed by atoms with Gasteiger partial charge in [0.2, 0.25) is 0 Å². The molecule has 0 saturated carbocycles. The second kappa shape index (κ2) is 15.1. The number of rotatable bonds is 13. The molecule has 5 nitrogen and oxygen atoms in total. The van der Waals surface area contributed by atoms with Gasteiger partial charge >= 0.3 is 6.18 Å². The standard InChI is InChI=1S/C39H55F3O5Si2/c1-36(2,3)48(7,8)46-33-32(45-35(43-27-26-38(40,41)42)34(33)47-49(9,10)37(4,5)6)28-44-39(29-20-14-11-15-21-29,30-22-16-12-17-23-30)31-24-18-13-19-25-31/h11-25,32-35H,26-28H2,1-10H3. The largest absolute Gasteiger partial charge is 0.408 e. The van der Waals surface area contributed by atoms with Gasteiger partial charge in [0.1, 0.15) is 23.9 Å². The number of halogens is 3. The number of alkyl halides is 3. The fourth-order valence-electron chi connectivity index (χ4n) is 5.53. The maximum atomic E-state index is 13.3. The lowest BCUT2D eigenvalue weighted by molar-refractivity contribution is -0.197. The molecule has 270 valence electrons. The fraction of sp³-hybridized carbons (Fsp3) is 0.538. The van der Waals surface area contributed by atoms with E-state index >= 15 is 0 Å². The Hall–Kier alpha value is -2.32. The molecule has 10 heteroatoms. The summed E-state index contributed by atoms with van der Waals surface area (Å²) >= 11 is 0. The molecule has 0 spiro atoms. The molecule has 0 bridgehead atoms. The first kappa shape index (κ1) is 39.5. The fourth-order valence-corrected chi connectivity index (χ4v) is 8.13. The number of ether oxygens (including phenoxy) is 3. The Morgan fingerprint density at radius 3 is 1.37 bits per heavy atom. The van der Waals surface area contributed by atoms with E-state index in [1.807, 2.05) is 91.0 Å². The summed E-state index contributed by atoms with van der Waals surface area (Å²) in [5.41, 5.74) is 1.76. The molecule has 1 aliphatic heterocycles. The Morgan fingerprint density at radius 1 is 0.612 bits per heavy atom. The smallest absolute Gasteiger partial charge is 0.391 e. The molecule has 1 fully saturated rings. The zero-order valence-electron chi connectivity index (χ0n) is 30.8. The van der Waals surface area contributed by atoms with Crippen LogP contribution >= 0.6 is 0 Å². The van der Waals surface area contributed by atoms with E-state index in [0.29, 0.717) is 0 Å². The van der Waals surface area contributed by atoms with Crippen LogP contribution in [-0.2, 0) is 28.7 Å². The molecule has 0 aliphatic carbocycles. The van der Waals surface area contributed by atoms with Gasteiger partial charge in [-0.1, -0.05) is 133 Å². The van der Waals surface area contributed by atoms with Gasteiger partial charge in [0, 0.05) is 0 Å². The summed E-state index contributed by atoms with van der Waals surface area (Å²) in [5, 5.41) is -0.334. The van der Waals surface area contributed by atoms with Crippen molar-refractivity contribution in [3.8, 4) is 0 Å². The van der Waals surface area contributed by atoms with Gasteiger partial charge in [-0.2, -0.15) is 13.2 Å². The van der Waals surface area contributed by atoms with Crippen LogP contribution in [-0.4, -0.2) is 60.6 Å². The Labute approximate surface area is 293 Å². The number of hydrogen-bond donors (Lipinski definition) is 0.